The molecule has 1 fully saturated rings. The highest BCUT2D eigenvalue weighted by molar-refractivity contribution is 6.42. The topological polar surface area (TPSA) is 46.2 Å². The van der Waals surface area contributed by atoms with Gasteiger partial charge >= 0.3 is 0 Å². The predicted octanol–water partition coefficient (Wildman–Crippen LogP) is 3.54. The molecule has 0 saturated heterocycles. The third kappa shape index (κ3) is 2.76. The van der Waals surface area contributed by atoms with Gasteiger partial charge in [0.15, 0.2) is 0 Å². The molecule has 0 radical (unpaired) electrons. The van der Waals surface area contributed by atoms with Crippen molar-refractivity contribution in [2.24, 2.45) is 11.7 Å². The van der Waals surface area contributed by atoms with Crippen molar-refractivity contribution in [2.45, 2.75) is 37.8 Å². The summed E-state index contributed by atoms with van der Waals surface area (Å²) in [5.41, 5.74) is 6.83. The van der Waals surface area contributed by atoms with Gasteiger partial charge < -0.3 is 10.8 Å². The van der Waals surface area contributed by atoms with Gasteiger partial charge in [-0.05, 0) is 30.4 Å². The monoisotopic (exact) mass is 273 g/mol. The summed E-state index contributed by atoms with van der Waals surface area (Å²) in [5, 5.41) is 11.2. The molecule has 0 bridgehead atoms. The van der Waals surface area contributed by atoms with Crippen LogP contribution >= 0.6 is 23.2 Å². The zero-order chi connectivity index (χ0) is 12.4. The molecule has 0 amide bonds. The lowest BCUT2D eigenvalue weighted by Crippen LogP contribution is -2.32. The summed E-state index contributed by atoms with van der Waals surface area (Å²) >= 11 is 12.1. The molecule has 0 spiro atoms. The molecular formula is C13H17Cl2NO. The van der Waals surface area contributed by atoms with Crippen LogP contribution in [-0.2, 0) is 0 Å². The Morgan fingerprint density at radius 1 is 1.24 bits per heavy atom. The van der Waals surface area contributed by atoms with Crippen LogP contribution in [0, 0.1) is 5.92 Å². The molecule has 2 nitrogen and oxygen atoms in total. The van der Waals surface area contributed by atoms with E-state index in [1.165, 1.54) is 12.8 Å². The number of aliphatic hydroxyl groups is 1. The van der Waals surface area contributed by atoms with Crippen LogP contribution in [0.4, 0.5) is 0 Å². The number of aliphatic hydroxyl groups excluding tert-OH is 1. The van der Waals surface area contributed by atoms with E-state index in [0.717, 1.165) is 18.4 Å². The van der Waals surface area contributed by atoms with E-state index in [2.05, 4.69) is 0 Å². The Bertz CT molecular complexity index is 391. The highest BCUT2D eigenvalue weighted by atomic mass is 35.5. The Hall–Kier alpha value is -0.280. The van der Waals surface area contributed by atoms with Crippen molar-refractivity contribution in [3.05, 3.63) is 33.8 Å². The molecule has 3 N–H and O–H groups in total. The van der Waals surface area contributed by atoms with Gasteiger partial charge in [0.1, 0.15) is 0 Å². The van der Waals surface area contributed by atoms with Crippen LogP contribution in [0.3, 0.4) is 0 Å². The molecule has 1 aromatic carbocycles. The molecule has 2 atom stereocenters. The van der Waals surface area contributed by atoms with Crippen molar-refractivity contribution >= 4 is 23.2 Å². The fraction of sp³-hybridized carbons (Fsp3) is 0.538. The minimum Gasteiger partial charge on any atom is -0.391 e. The average Bonchev–Trinajstić information content (AvgIpc) is 2.84. The molecule has 2 rings (SSSR count). The molecule has 4 heteroatoms. The summed E-state index contributed by atoms with van der Waals surface area (Å²) in [6.45, 7) is 0. The predicted molar refractivity (Wildman–Crippen MR) is 71.4 cm³/mol. The first kappa shape index (κ1) is 13.2. The molecule has 1 saturated carbocycles. The van der Waals surface area contributed by atoms with E-state index in [1.54, 1.807) is 6.07 Å². The van der Waals surface area contributed by atoms with Gasteiger partial charge in [0, 0.05) is 0 Å². The largest absolute Gasteiger partial charge is 0.391 e. The van der Waals surface area contributed by atoms with Crippen LogP contribution in [-0.4, -0.2) is 11.2 Å². The minimum absolute atomic E-state index is 0.292. The summed E-state index contributed by atoms with van der Waals surface area (Å²) in [6, 6.07) is 4.91. The zero-order valence-corrected chi connectivity index (χ0v) is 11.1. The van der Waals surface area contributed by atoms with E-state index >= 15 is 0 Å². The molecule has 1 aliphatic rings. The maximum Gasteiger partial charge on any atom is 0.0761 e. The SMILES string of the molecule is N[C@H](c1cccc(Cl)c1Cl)[C@@H](O)C1CCCC1. The summed E-state index contributed by atoms with van der Waals surface area (Å²) in [6.07, 6.45) is 3.92. The first-order valence-corrected chi connectivity index (χ1v) is 6.74. The average molecular weight is 274 g/mol. The van der Waals surface area contributed by atoms with E-state index in [0.29, 0.717) is 16.0 Å². The molecule has 0 heterocycles. The molecule has 94 valence electrons. The molecule has 1 aromatic rings. The zero-order valence-electron chi connectivity index (χ0n) is 9.57. The lowest BCUT2D eigenvalue weighted by atomic mass is 9.91. The second kappa shape index (κ2) is 5.57. The molecule has 0 unspecified atom stereocenters. The summed E-state index contributed by atoms with van der Waals surface area (Å²) in [5.74, 6) is 0.292. The van der Waals surface area contributed by atoms with Crippen LogP contribution in [0.1, 0.15) is 37.3 Å². The third-order valence-electron chi connectivity index (χ3n) is 3.59. The second-order valence-electron chi connectivity index (χ2n) is 4.70. The first-order chi connectivity index (χ1) is 8.11. The van der Waals surface area contributed by atoms with E-state index in [-0.39, 0.29) is 0 Å². The highest BCUT2D eigenvalue weighted by Crippen LogP contribution is 2.36. The maximum atomic E-state index is 10.3. The second-order valence-corrected chi connectivity index (χ2v) is 5.49. The fourth-order valence-corrected chi connectivity index (χ4v) is 2.99. The molecular weight excluding hydrogens is 257 g/mol. The molecule has 17 heavy (non-hydrogen) atoms. The summed E-state index contributed by atoms with van der Waals surface area (Å²) in [7, 11) is 0. The standard InChI is InChI=1S/C13H17Cl2NO/c14-10-7-3-6-9(11(10)15)12(16)13(17)8-4-1-2-5-8/h3,6-8,12-13,17H,1-2,4-5,16H2/t12-,13+/m1/s1. The number of benzene rings is 1. The molecule has 0 aliphatic heterocycles. The van der Waals surface area contributed by atoms with Crippen LogP contribution in [0.15, 0.2) is 18.2 Å². The van der Waals surface area contributed by atoms with Gasteiger partial charge in [0.25, 0.3) is 0 Å². The van der Waals surface area contributed by atoms with Crippen molar-refractivity contribution in [1.29, 1.82) is 0 Å². The number of halogens is 2. The normalized spacial score (nSPS) is 20.5. The van der Waals surface area contributed by atoms with E-state index in [4.69, 9.17) is 28.9 Å². The van der Waals surface area contributed by atoms with Crippen LogP contribution in [0.25, 0.3) is 0 Å². The quantitative estimate of drug-likeness (QED) is 0.885. The Labute approximate surface area is 112 Å². The van der Waals surface area contributed by atoms with Crippen LogP contribution < -0.4 is 5.73 Å². The van der Waals surface area contributed by atoms with Gasteiger partial charge in [-0.2, -0.15) is 0 Å². The van der Waals surface area contributed by atoms with Gasteiger partial charge in [0.2, 0.25) is 0 Å². The summed E-state index contributed by atoms with van der Waals surface area (Å²) in [4.78, 5) is 0. The lowest BCUT2D eigenvalue weighted by Gasteiger charge is -2.25. The van der Waals surface area contributed by atoms with E-state index in [9.17, 15) is 5.11 Å². The van der Waals surface area contributed by atoms with Gasteiger partial charge in [-0.1, -0.05) is 48.2 Å². The van der Waals surface area contributed by atoms with Crippen molar-refractivity contribution < 1.29 is 5.11 Å². The number of hydrogen-bond acceptors (Lipinski definition) is 2. The van der Waals surface area contributed by atoms with E-state index < -0.39 is 12.1 Å². The smallest absolute Gasteiger partial charge is 0.0761 e. The van der Waals surface area contributed by atoms with Crippen molar-refractivity contribution in [3.8, 4) is 0 Å². The van der Waals surface area contributed by atoms with Gasteiger partial charge in [-0.3, -0.25) is 0 Å². The van der Waals surface area contributed by atoms with Crippen molar-refractivity contribution in [1.82, 2.24) is 0 Å². The van der Waals surface area contributed by atoms with Crippen molar-refractivity contribution in [3.63, 3.8) is 0 Å². The van der Waals surface area contributed by atoms with Crippen molar-refractivity contribution in [2.75, 3.05) is 0 Å². The molecule has 0 aromatic heterocycles. The maximum absolute atomic E-state index is 10.3. The molecule has 1 aliphatic carbocycles. The van der Waals surface area contributed by atoms with Gasteiger partial charge in [-0.15, -0.1) is 0 Å². The number of nitrogens with two attached hydrogens (primary N) is 1. The van der Waals surface area contributed by atoms with Gasteiger partial charge in [0.05, 0.1) is 22.2 Å². The van der Waals surface area contributed by atoms with E-state index in [1.807, 2.05) is 12.1 Å². The lowest BCUT2D eigenvalue weighted by molar-refractivity contribution is 0.0845. The minimum atomic E-state index is -0.534. The Kier molecular flexibility index (Phi) is 4.31. The Morgan fingerprint density at radius 2 is 1.88 bits per heavy atom. The fourth-order valence-electron chi connectivity index (χ4n) is 2.55. The third-order valence-corrected chi connectivity index (χ3v) is 4.42. The first-order valence-electron chi connectivity index (χ1n) is 5.99. The Morgan fingerprint density at radius 3 is 2.53 bits per heavy atom. The van der Waals surface area contributed by atoms with Crippen LogP contribution in [0.5, 0.6) is 0 Å². The number of rotatable bonds is 3. The Balaban J connectivity index is 2.18. The summed E-state index contributed by atoms with van der Waals surface area (Å²) < 4.78 is 0. The van der Waals surface area contributed by atoms with Gasteiger partial charge in [-0.25, -0.2) is 0 Å². The number of hydrogen-bond donors (Lipinski definition) is 2. The highest BCUT2D eigenvalue weighted by Gasteiger charge is 2.29. The van der Waals surface area contributed by atoms with Crippen LogP contribution in [0.2, 0.25) is 10.0 Å².